The van der Waals surface area contributed by atoms with Crippen LogP contribution in [0.5, 0.6) is 0 Å². The minimum Gasteiger partial charge on any atom is -0.292 e. The van der Waals surface area contributed by atoms with Gasteiger partial charge in [-0.25, -0.2) is 22.2 Å². The molecule has 0 aliphatic heterocycles. The second-order valence-corrected chi connectivity index (χ2v) is 7.51. The summed E-state index contributed by atoms with van der Waals surface area (Å²) in [6.45, 7) is 0. The third-order valence-corrected chi connectivity index (χ3v) is 4.13. The first kappa shape index (κ1) is 22.4. The fourth-order valence-electron chi connectivity index (χ4n) is 2.37. The van der Waals surface area contributed by atoms with Crippen molar-refractivity contribution in [2.24, 2.45) is 7.05 Å². The average molecular weight is 449 g/mol. The lowest BCUT2D eigenvalue weighted by atomic mass is 10.1. The standard InChI is InChI=1S/C14H10F7N3O4S/c1-23-10(14(19,20)21)5-11(25)24(12(23)26)9-4-8(22-29(2,27)28)6(3-7(9)15)13(16,17)18/h3-5,22H,1-2H3. The van der Waals surface area contributed by atoms with Crippen molar-refractivity contribution in [1.29, 1.82) is 0 Å². The zero-order chi connectivity index (χ0) is 22.5. The molecule has 0 saturated heterocycles. The zero-order valence-electron chi connectivity index (χ0n) is 14.3. The molecule has 1 aromatic heterocycles. The van der Waals surface area contributed by atoms with E-state index < -0.39 is 62.1 Å². The topological polar surface area (TPSA) is 90.2 Å². The highest BCUT2D eigenvalue weighted by molar-refractivity contribution is 7.92. The van der Waals surface area contributed by atoms with Crippen LogP contribution in [0.25, 0.3) is 5.69 Å². The van der Waals surface area contributed by atoms with Crippen molar-refractivity contribution in [3.63, 3.8) is 0 Å². The molecular formula is C14H10F7N3O4S. The van der Waals surface area contributed by atoms with Crippen LogP contribution in [-0.4, -0.2) is 23.8 Å². The number of sulfonamides is 1. The molecule has 0 saturated carbocycles. The van der Waals surface area contributed by atoms with Crippen LogP contribution in [-0.2, 0) is 29.4 Å². The summed E-state index contributed by atoms with van der Waals surface area (Å²) in [7, 11) is -3.71. The lowest BCUT2D eigenvalue weighted by Gasteiger charge is -2.18. The van der Waals surface area contributed by atoms with Gasteiger partial charge in [0.15, 0.2) is 0 Å². The molecule has 0 spiro atoms. The lowest BCUT2D eigenvalue weighted by molar-refractivity contribution is -0.144. The Labute approximate surface area is 157 Å². The summed E-state index contributed by atoms with van der Waals surface area (Å²) in [6, 6.07) is -0.0517. The van der Waals surface area contributed by atoms with E-state index in [4.69, 9.17) is 0 Å². The number of alkyl halides is 6. The number of anilines is 1. The summed E-state index contributed by atoms with van der Waals surface area (Å²) < 4.78 is 116. The number of benzene rings is 1. The minimum atomic E-state index is -5.23. The van der Waals surface area contributed by atoms with Crippen molar-refractivity contribution in [2.75, 3.05) is 11.0 Å². The van der Waals surface area contributed by atoms with Crippen LogP contribution < -0.4 is 16.0 Å². The number of aromatic nitrogens is 2. The first-order valence-electron chi connectivity index (χ1n) is 7.22. The lowest BCUT2D eigenvalue weighted by Crippen LogP contribution is -2.41. The second-order valence-electron chi connectivity index (χ2n) is 5.76. The first-order valence-corrected chi connectivity index (χ1v) is 9.12. The number of nitrogens with one attached hydrogen (secondary N) is 1. The molecule has 0 radical (unpaired) electrons. The Balaban J connectivity index is 2.90. The monoisotopic (exact) mass is 449 g/mol. The summed E-state index contributed by atoms with van der Waals surface area (Å²) in [4.78, 5) is 24.2. The normalized spacial score (nSPS) is 12.9. The molecule has 0 atom stereocenters. The third-order valence-electron chi connectivity index (χ3n) is 3.54. The van der Waals surface area contributed by atoms with Gasteiger partial charge in [0.05, 0.1) is 23.2 Å². The third kappa shape index (κ3) is 4.60. The van der Waals surface area contributed by atoms with Gasteiger partial charge in [0, 0.05) is 13.1 Å². The van der Waals surface area contributed by atoms with E-state index in [1.807, 2.05) is 0 Å². The van der Waals surface area contributed by atoms with E-state index in [0.29, 0.717) is 13.3 Å². The molecule has 29 heavy (non-hydrogen) atoms. The molecule has 0 bridgehead atoms. The Morgan fingerprint density at radius 1 is 0.966 bits per heavy atom. The van der Waals surface area contributed by atoms with Crippen LogP contribution in [0, 0.1) is 5.82 Å². The van der Waals surface area contributed by atoms with Crippen LogP contribution in [0.4, 0.5) is 36.4 Å². The molecule has 1 aromatic carbocycles. The number of hydrogen-bond acceptors (Lipinski definition) is 4. The molecule has 0 amide bonds. The van der Waals surface area contributed by atoms with Crippen molar-refractivity contribution < 1.29 is 39.2 Å². The van der Waals surface area contributed by atoms with E-state index >= 15 is 0 Å². The van der Waals surface area contributed by atoms with Gasteiger partial charge >= 0.3 is 18.0 Å². The highest BCUT2D eigenvalue weighted by Crippen LogP contribution is 2.37. The maximum Gasteiger partial charge on any atom is 0.431 e. The molecule has 160 valence electrons. The summed E-state index contributed by atoms with van der Waals surface area (Å²) in [5, 5.41) is 0. The number of hydrogen-bond donors (Lipinski definition) is 1. The van der Waals surface area contributed by atoms with E-state index in [2.05, 4.69) is 0 Å². The number of rotatable bonds is 3. The summed E-state index contributed by atoms with van der Waals surface area (Å²) >= 11 is 0. The largest absolute Gasteiger partial charge is 0.431 e. The van der Waals surface area contributed by atoms with Crippen LogP contribution in [0.1, 0.15) is 11.3 Å². The van der Waals surface area contributed by atoms with E-state index in [0.717, 1.165) is 0 Å². The molecular weight excluding hydrogens is 439 g/mol. The molecule has 0 aliphatic carbocycles. The van der Waals surface area contributed by atoms with Crippen molar-refractivity contribution in [3.8, 4) is 5.69 Å². The molecule has 1 N–H and O–H groups in total. The van der Waals surface area contributed by atoms with Crippen LogP contribution in [0.15, 0.2) is 27.8 Å². The fraction of sp³-hybridized carbons (Fsp3) is 0.286. The molecule has 15 heteroatoms. The van der Waals surface area contributed by atoms with Crippen molar-refractivity contribution in [2.45, 2.75) is 12.4 Å². The van der Waals surface area contributed by atoms with Crippen molar-refractivity contribution >= 4 is 15.7 Å². The van der Waals surface area contributed by atoms with Crippen molar-refractivity contribution in [1.82, 2.24) is 9.13 Å². The Morgan fingerprint density at radius 2 is 1.52 bits per heavy atom. The molecule has 0 fully saturated rings. The molecule has 0 unspecified atom stereocenters. The van der Waals surface area contributed by atoms with Crippen LogP contribution in [0.3, 0.4) is 0 Å². The van der Waals surface area contributed by atoms with Gasteiger partial charge in [-0.3, -0.25) is 14.1 Å². The SMILES string of the molecule is Cn1c(C(F)(F)F)cc(=O)n(-c2cc(NS(C)(=O)=O)c(C(F)(F)F)cc2F)c1=O. The van der Waals surface area contributed by atoms with Crippen LogP contribution in [0.2, 0.25) is 0 Å². The first-order chi connectivity index (χ1) is 12.9. The van der Waals surface area contributed by atoms with E-state index in [1.54, 1.807) is 0 Å². The Kier molecular flexibility index (Phi) is 5.34. The maximum absolute atomic E-state index is 14.3. The van der Waals surface area contributed by atoms with Crippen molar-refractivity contribution in [3.05, 3.63) is 56.1 Å². The maximum atomic E-state index is 14.3. The molecule has 1 heterocycles. The number of halogens is 7. The molecule has 0 aliphatic rings. The highest BCUT2D eigenvalue weighted by atomic mass is 32.2. The second kappa shape index (κ2) is 6.89. The van der Waals surface area contributed by atoms with E-state index in [-0.39, 0.29) is 27.3 Å². The fourth-order valence-corrected chi connectivity index (χ4v) is 2.94. The summed E-state index contributed by atoms with van der Waals surface area (Å²) in [6.07, 6.45) is -9.87. The van der Waals surface area contributed by atoms with Gasteiger partial charge in [0.1, 0.15) is 11.5 Å². The summed E-state index contributed by atoms with van der Waals surface area (Å²) in [5.74, 6) is -1.80. The Hall–Kier alpha value is -2.84. The van der Waals surface area contributed by atoms with Gasteiger partial charge in [0.2, 0.25) is 10.0 Å². The Morgan fingerprint density at radius 3 is 1.97 bits per heavy atom. The van der Waals surface area contributed by atoms with Gasteiger partial charge in [-0.2, -0.15) is 26.3 Å². The van der Waals surface area contributed by atoms with E-state index in [1.165, 1.54) is 4.72 Å². The molecule has 2 rings (SSSR count). The smallest absolute Gasteiger partial charge is 0.292 e. The van der Waals surface area contributed by atoms with Gasteiger partial charge in [-0.1, -0.05) is 0 Å². The molecule has 7 nitrogen and oxygen atoms in total. The van der Waals surface area contributed by atoms with Gasteiger partial charge < -0.3 is 0 Å². The number of nitrogens with zero attached hydrogens (tertiary/aromatic N) is 2. The zero-order valence-corrected chi connectivity index (χ0v) is 15.1. The molecule has 2 aromatic rings. The van der Waals surface area contributed by atoms with Crippen LogP contribution >= 0.6 is 0 Å². The predicted molar refractivity (Wildman–Crippen MR) is 85.7 cm³/mol. The van der Waals surface area contributed by atoms with Gasteiger partial charge in [-0.05, 0) is 12.1 Å². The average Bonchev–Trinajstić information content (AvgIpc) is 2.50. The predicted octanol–water partition coefficient (Wildman–Crippen LogP) is 2.08. The van der Waals surface area contributed by atoms with Gasteiger partial charge in [0.25, 0.3) is 5.56 Å². The quantitative estimate of drug-likeness (QED) is 0.727. The summed E-state index contributed by atoms with van der Waals surface area (Å²) in [5.41, 5.74) is -9.27. The van der Waals surface area contributed by atoms with E-state index in [9.17, 15) is 48.7 Å². The Bertz CT molecular complexity index is 1190. The van der Waals surface area contributed by atoms with Gasteiger partial charge in [-0.15, -0.1) is 0 Å². The highest BCUT2D eigenvalue weighted by Gasteiger charge is 2.37. The minimum absolute atomic E-state index is 0.0534.